The highest BCUT2D eigenvalue weighted by molar-refractivity contribution is 5.99. The summed E-state index contributed by atoms with van der Waals surface area (Å²) >= 11 is 0. The van der Waals surface area contributed by atoms with Gasteiger partial charge in [-0.05, 0) is 36.1 Å². The van der Waals surface area contributed by atoms with Crippen molar-refractivity contribution in [2.24, 2.45) is 0 Å². The van der Waals surface area contributed by atoms with Gasteiger partial charge in [0.15, 0.2) is 0 Å². The quantitative estimate of drug-likeness (QED) is 0.271. The minimum atomic E-state index is -0.451. The molecular weight excluding hydrogens is 428 g/mol. The van der Waals surface area contributed by atoms with E-state index in [1.807, 2.05) is 48.5 Å². The van der Waals surface area contributed by atoms with Crippen molar-refractivity contribution < 1.29 is 19.1 Å². The molecule has 0 aliphatic carbocycles. The number of hydrogen-bond donors (Lipinski definition) is 1. The van der Waals surface area contributed by atoms with E-state index in [9.17, 15) is 9.59 Å². The molecule has 1 heterocycles. The van der Waals surface area contributed by atoms with Crippen LogP contribution >= 0.6 is 0 Å². The van der Waals surface area contributed by atoms with E-state index in [2.05, 4.69) is 17.2 Å². The monoisotopic (exact) mass is 460 g/mol. The first kappa shape index (κ1) is 25.0. The van der Waals surface area contributed by atoms with E-state index in [1.165, 1.54) is 7.11 Å². The molecule has 0 spiro atoms. The van der Waals surface area contributed by atoms with E-state index < -0.39 is 5.97 Å². The Hall–Kier alpha value is -3.67. The molecule has 1 atom stereocenters. The first-order chi connectivity index (χ1) is 16.6. The number of carbonyl (C=O) groups excluding carboxylic acids is 2. The molecule has 2 aromatic carbocycles. The Balaban J connectivity index is 1.89. The lowest BCUT2D eigenvalue weighted by molar-refractivity contribution is -0.116. The lowest BCUT2D eigenvalue weighted by Gasteiger charge is -2.20. The summed E-state index contributed by atoms with van der Waals surface area (Å²) in [6, 6.07) is 18.8. The van der Waals surface area contributed by atoms with E-state index in [4.69, 9.17) is 9.47 Å². The van der Waals surface area contributed by atoms with Crippen molar-refractivity contribution in [2.45, 2.75) is 44.9 Å². The molecule has 0 fully saturated rings. The predicted octanol–water partition coefficient (Wildman–Crippen LogP) is 6.24. The molecule has 0 aliphatic rings. The maximum atomic E-state index is 13.3. The second-order valence-corrected chi connectivity index (χ2v) is 8.16. The number of esters is 1. The largest absolute Gasteiger partial charge is 0.481 e. The first-order valence-electron chi connectivity index (χ1n) is 11.6. The lowest BCUT2D eigenvalue weighted by Crippen LogP contribution is -2.17. The molecule has 34 heavy (non-hydrogen) atoms. The van der Waals surface area contributed by atoms with E-state index in [0.717, 1.165) is 42.4 Å². The number of ether oxygens (including phenoxy) is 2. The number of methoxy groups -OCH3 is 2. The molecule has 0 bridgehead atoms. The van der Waals surface area contributed by atoms with E-state index in [-0.39, 0.29) is 18.2 Å². The molecule has 0 aliphatic heterocycles. The summed E-state index contributed by atoms with van der Waals surface area (Å²) < 4.78 is 10.3. The fraction of sp³-hybridized carbons (Fsp3) is 0.321. The zero-order valence-electron chi connectivity index (χ0n) is 20.0. The molecule has 0 radical (unpaired) electrons. The third kappa shape index (κ3) is 6.44. The highest BCUT2D eigenvalue weighted by Crippen LogP contribution is 2.33. The van der Waals surface area contributed by atoms with Gasteiger partial charge in [0.2, 0.25) is 11.8 Å². The first-order valence-corrected chi connectivity index (χ1v) is 11.6. The smallest absolute Gasteiger partial charge is 0.337 e. The van der Waals surface area contributed by atoms with Crippen LogP contribution in [0, 0.1) is 0 Å². The number of hydrogen-bond acceptors (Lipinski definition) is 5. The van der Waals surface area contributed by atoms with E-state index >= 15 is 0 Å². The summed E-state index contributed by atoms with van der Waals surface area (Å²) in [6.07, 6.45) is 6.04. The molecule has 0 saturated heterocycles. The molecule has 3 aromatic rings. The third-order valence-electron chi connectivity index (χ3n) is 5.82. The molecule has 178 valence electrons. The van der Waals surface area contributed by atoms with Gasteiger partial charge in [0, 0.05) is 29.4 Å². The van der Waals surface area contributed by atoms with Gasteiger partial charge in [0.25, 0.3) is 0 Å². The summed E-state index contributed by atoms with van der Waals surface area (Å²) in [6.45, 7) is 2.16. The topological polar surface area (TPSA) is 77.5 Å². The van der Waals surface area contributed by atoms with Crippen molar-refractivity contribution in [3.63, 3.8) is 0 Å². The van der Waals surface area contributed by atoms with Crippen molar-refractivity contribution >= 4 is 17.6 Å². The van der Waals surface area contributed by atoms with Crippen LogP contribution in [0.1, 0.15) is 60.9 Å². The highest BCUT2D eigenvalue weighted by atomic mass is 16.5. The van der Waals surface area contributed by atoms with Crippen LogP contribution in [0.2, 0.25) is 0 Å². The van der Waals surface area contributed by atoms with Gasteiger partial charge in [-0.3, -0.25) is 4.79 Å². The van der Waals surface area contributed by atoms with Crippen molar-refractivity contribution in [2.75, 3.05) is 19.5 Å². The van der Waals surface area contributed by atoms with Gasteiger partial charge < -0.3 is 14.8 Å². The zero-order chi connectivity index (χ0) is 24.3. The standard InChI is InChI=1S/C28H32N2O4/c1-4-5-7-13-21(24-14-10-17-29-27(24)33-2)19-26(31)30-25-18-22(28(32)34-3)15-16-23(25)20-11-8-6-9-12-20/h6,8-12,14-18,21H,4-5,7,13,19H2,1-3H3,(H,30,31). The fourth-order valence-corrected chi connectivity index (χ4v) is 4.08. The van der Waals surface area contributed by atoms with Gasteiger partial charge in [0.1, 0.15) is 0 Å². The van der Waals surface area contributed by atoms with Gasteiger partial charge >= 0.3 is 5.97 Å². The number of aromatic nitrogens is 1. The molecular formula is C28H32N2O4. The minimum absolute atomic E-state index is 0.0286. The number of carbonyl (C=O) groups is 2. The van der Waals surface area contributed by atoms with Crippen LogP contribution in [0.25, 0.3) is 11.1 Å². The van der Waals surface area contributed by atoms with Crippen LogP contribution in [0.5, 0.6) is 5.88 Å². The van der Waals surface area contributed by atoms with E-state index in [0.29, 0.717) is 17.1 Å². The van der Waals surface area contributed by atoms with Crippen LogP contribution in [0.4, 0.5) is 5.69 Å². The molecule has 6 nitrogen and oxygen atoms in total. The van der Waals surface area contributed by atoms with E-state index in [1.54, 1.807) is 25.4 Å². The number of benzene rings is 2. The molecule has 1 amide bonds. The Morgan fingerprint density at radius 3 is 2.50 bits per heavy atom. The van der Waals surface area contributed by atoms with Crippen LogP contribution in [0.15, 0.2) is 66.9 Å². The zero-order valence-corrected chi connectivity index (χ0v) is 20.0. The van der Waals surface area contributed by atoms with Gasteiger partial charge in [-0.2, -0.15) is 0 Å². The Morgan fingerprint density at radius 2 is 1.79 bits per heavy atom. The third-order valence-corrected chi connectivity index (χ3v) is 5.82. The molecule has 1 aromatic heterocycles. The average molecular weight is 461 g/mol. The molecule has 3 rings (SSSR count). The summed E-state index contributed by atoms with van der Waals surface area (Å²) in [5.41, 5.74) is 3.67. The Bertz CT molecular complexity index is 1100. The summed E-state index contributed by atoms with van der Waals surface area (Å²) in [5.74, 6) is -0.0622. The summed E-state index contributed by atoms with van der Waals surface area (Å²) in [4.78, 5) is 29.7. The Morgan fingerprint density at radius 1 is 1.00 bits per heavy atom. The van der Waals surface area contributed by atoms with Crippen molar-refractivity contribution in [1.82, 2.24) is 4.98 Å². The van der Waals surface area contributed by atoms with Crippen LogP contribution in [-0.2, 0) is 9.53 Å². The van der Waals surface area contributed by atoms with Gasteiger partial charge in [0.05, 0.1) is 19.8 Å². The Labute approximate surface area is 201 Å². The maximum Gasteiger partial charge on any atom is 0.337 e. The van der Waals surface area contributed by atoms with Gasteiger partial charge in [-0.1, -0.05) is 68.7 Å². The molecule has 6 heteroatoms. The number of pyridine rings is 1. The fourth-order valence-electron chi connectivity index (χ4n) is 4.08. The number of unbranched alkanes of at least 4 members (excludes halogenated alkanes) is 2. The average Bonchev–Trinajstić information content (AvgIpc) is 2.88. The minimum Gasteiger partial charge on any atom is -0.481 e. The summed E-state index contributed by atoms with van der Waals surface area (Å²) in [5, 5.41) is 3.05. The lowest BCUT2D eigenvalue weighted by atomic mass is 9.90. The van der Waals surface area contributed by atoms with Crippen LogP contribution in [0.3, 0.4) is 0 Å². The Kier molecular flexibility index (Phi) is 9.21. The molecule has 1 unspecified atom stereocenters. The van der Waals surface area contributed by atoms with Gasteiger partial charge in [-0.25, -0.2) is 9.78 Å². The van der Waals surface area contributed by atoms with Crippen LogP contribution < -0.4 is 10.1 Å². The number of nitrogens with one attached hydrogen (secondary N) is 1. The normalized spacial score (nSPS) is 11.5. The summed E-state index contributed by atoms with van der Waals surface area (Å²) in [7, 11) is 2.94. The van der Waals surface area contributed by atoms with Crippen molar-refractivity contribution in [3.8, 4) is 17.0 Å². The predicted molar refractivity (Wildman–Crippen MR) is 134 cm³/mol. The molecule has 0 saturated carbocycles. The maximum absolute atomic E-state index is 13.3. The number of nitrogens with zero attached hydrogens (tertiary/aromatic N) is 1. The van der Waals surface area contributed by atoms with Gasteiger partial charge in [-0.15, -0.1) is 0 Å². The SMILES string of the molecule is CCCCCC(CC(=O)Nc1cc(C(=O)OC)ccc1-c1ccccc1)c1cccnc1OC. The number of amides is 1. The van der Waals surface area contributed by atoms with Crippen LogP contribution in [-0.4, -0.2) is 31.1 Å². The molecule has 1 N–H and O–H groups in total. The number of anilines is 1. The van der Waals surface area contributed by atoms with Crippen molar-refractivity contribution in [3.05, 3.63) is 78.0 Å². The highest BCUT2D eigenvalue weighted by Gasteiger charge is 2.21. The number of rotatable bonds is 11. The second-order valence-electron chi connectivity index (χ2n) is 8.16. The second kappa shape index (κ2) is 12.5. The van der Waals surface area contributed by atoms with Crippen molar-refractivity contribution in [1.29, 1.82) is 0 Å².